The monoisotopic (exact) mass is 180 g/mol. The van der Waals surface area contributed by atoms with Crippen LogP contribution in [0.4, 0.5) is 0 Å². The molecular formula is C5H12N2O3S. The van der Waals surface area contributed by atoms with Crippen molar-refractivity contribution in [3.63, 3.8) is 0 Å². The number of nitrogens with zero attached hydrogens (tertiary/aromatic N) is 1. The number of hydrogen-bond donors (Lipinski definition) is 1. The highest BCUT2D eigenvalue weighted by molar-refractivity contribution is 7.86. The minimum atomic E-state index is -3.36. The molecule has 0 atom stereocenters. The van der Waals surface area contributed by atoms with Gasteiger partial charge < -0.3 is 0 Å². The molecule has 0 radical (unpaired) electrons. The normalized spacial score (nSPS) is 21.9. The Morgan fingerprint density at radius 3 is 2.64 bits per heavy atom. The lowest BCUT2D eigenvalue weighted by atomic mass is 10.3. The van der Waals surface area contributed by atoms with Gasteiger partial charge in [0.1, 0.15) is 0 Å². The van der Waals surface area contributed by atoms with Crippen LogP contribution in [0.15, 0.2) is 0 Å². The molecule has 1 N–H and O–H groups in total. The van der Waals surface area contributed by atoms with Crippen LogP contribution in [0.5, 0.6) is 0 Å². The average Bonchev–Trinajstić information content (AvgIpc) is 2.06. The summed E-state index contributed by atoms with van der Waals surface area (Å²) in [5.41, 5.74) is 0. The third-order valence-electron chi connectivity index (χ3n) is 1.50. The fourth-order valence-electron chi connectivity index (χ4n) is 0.865. The van der Waals surface area contributed by atoms with Gasteiger partial charge in [-0.3, -0.25) is 4.84 Å². The summed E-state index contributed by atoms with van der Waals surface area (Å²) in [6, 6.07) is 0. The van der Waals surface area contributed by atoms with E-state index in [1.807, 2.05) is 0 Å². The fraction of sp³-hybridized carbons (Fsp3) is 1.00. The van der Waals surface area contributed by atoms with Crippen LogP contribution in [0.2, 0.25) is 0 Å². The Labute approximate surface area is 66.5 Å². The van der Waals surface area contributed by atoms with Crippen LogP contribution in [0.3, 0.4) is 0 Å². The van der Waals surface area contributed by atoms with Crippen molar-refractivity contribution < 1.29 is 13.3 Å². The Morgan fingerprint density at radius 2 is 2.18 bits per heavy atom. The van der Waals surface area contributed by atoms with Crippen molar-refractivity contribution in [2.24, 2.45) is 0 Å². The first-order chi connectivity index (χ1) is 5.17. The predicted octanol–water partition coefficient (Wildman–Crippen LogP) is -0.522. The molecular weight excluding hydrogens is 168 g/mol. The zero-order valence-electron chi connectivity index (χ0n) is 6.41. The van der Waals surface area contributed by atoms with E-state index in [9.17, 15) is 8.42 Å². The van der Waals surface area contributed by atoms with Crippen molar-refractivity contribution in [2.45, 2.75) is 12.8 Å². The molecule has 0 aliphatic carbocycles. The lowest BCUT2D eigenvalue weighted by Crippen LogP contribution is -2.41. The summed E-state index contributed by atoms with van der Waals surface area (Å²) in [6.45, 7) is 0.935. The topological polar surface area (TPSA) is 58.6 Å². The van der Waals surface area contributed by atoms with Crippen LogP contribution < -0.4 is 4.72 Å². The Balaban J connectivity index is 2.58. The number of rotatable bonds is 2. The molecule has 0 aromatic carbocycles. The fourth-order valence-corrected chi connectivity index (χ4v) is 1.65. The maximum atomic E-state index is 11.0. The zero-order valence-corrected chi connectivity index (χ0v) is 7.23. The molecule has 0 spiro atoms. The van der Waals surface area contributed by atoms with E-state index in [2.05, 4.69) is 4.72 Å². The van der Waals surface area contributed by atoms with Gasteiger partial charge in [-0.25, -0.2) is 4.72 Å². The van der Waals surface area contributed by atoms with Crippen LogP contribution in [-0.2, 0) is 15.0 Å². The second-order valence-corrected chi connectivity index (χ2v) is 4.04. The summed E-state index contributed by atoms with van der Waals surface area (Å²) in [4.78, 5) is 4.92. The molecule has 0 aromatic heterocycles. The maximum absolute atomic E-state index is 11.0. The van der Waals surface area contributed by atoms with Crippen molar-refractivity contribution in [3.05, 3.63) is 0 Å². The molecule has 0 saturated carbocycles. The highest BCUT2D eigenvalue weighted by atomic mass is 32.2. The summed E-state index contributed by atoms with van der Waals surface area (Å²) in [5, 5.41) is 0. The van der Waals surface area contributed by atoms with Crippen molar-refractivity contribution in [1.82, 2.24) is 9.19 Å². The number of hydrogen-bond acceptors (Lipinski definition) is 3. The lowest BCUT2D eigenvalue weighted by molar-refractivity contribution is -0.109. The van der Waals surface area contributed by atoms with E-state index < -0.39 is 10.2 Å². The van der Waals surface area contributed by atoms with Gasteiger partial charge >= 0.3 is 10.2 Å². The van der Waals surface area contributed by atoms with Gasteiger partial charge in [0.25, 0.3) is 0 Å². The summed E-state index contributed by atoms with van der Waals surface area (Å²) >= 11 is 0. The molecule has 1 rings (SSSR count). The number of hydroxylamine groups is 1. The molecule has 0 amide bonds. The minimum Gasteiger partial charge on any atom is -0.283 e. The summed E-state index contributed by atoms with van der Waals surface area (Å²) < 4.78 is 25.3. The van der Waals surface area contributed by atoms with Crippen LogP contribution in [-0.4, -0.2) is 33.1 Å². The summed E-state index contributed by atoms with van der Waals surface area (Å²) in [7, 11) is -1.99. The first-order valence-corrected chi connectivity index (χ1v) is 4.95. The largest absolute Gasteiger partial charge is 0.301 e. The first-order valence-electron chi connectivity index (χ1n) is 3.51. The van der Waals surface area contributed by atoms with E-state index in [0.717, 1.165) is 17.3 Å². The Bertz CT molecular complexity index is 208. The van der Waals surface area contributed by atoms with Gasteiger partial charge in [0.15, 0.2) is 0 Å². The average molecular weight is 180 g/mol. The molecule has 5 nitrogen and oxygen atoms in total. The molecule has 1 saturated heterocycles. The summed E-state index contributed by atoms with van der Waals surface area (Å²) in [6.07, 6.45) is 1.79. The SMILES string of the molecule is CNS(=O)(=O)N1CCCCO1. The van der Waals surface area contributed by atoms with Gasteiger partial charge in [-0.2, -0.15) is 8.42 Å². The smallest absolute Gasteiger partial charge is 0.283 e. The molecule has 0 bridgehead atoms. The van der Waals surface area contributed by atoms with Crippen LogP contribution in [0, 0.1) is 0 Å². The first kappa shape index (κ1) is 8.92. The molecule has 6 heteroatoms. The van der Waals surface area contributed by atoms with Crippen molar-refractivity contribution in [3.8, 4) is 0 Å². The second kappa shape index (κ2) is 3.48. The summed E-state index contributed by atoms with van der Waals surface area (Å²) in [5.74, 6) is 0. The third kappa shape index (κ3) is 2.13. The Hall–Kier alpha value is -0.170. The van der Waals surface area contributed by atoms with Crippen LogP contribution in [0.1, 0.15) is 12.8 Å². The highest BCUT2D eigenvalue weighted by Crippen LogP contribution is 2.08. The molecule has 1 fully saturated rings. The molecule has 1 aliphatic rings. The molecule has 0 aromatic rings. The van der Waals surface area contributed by atoms with Gasteiger partial charge in [0.2, 0.25) is 0 Å². The van der Waals surface area contributed by atoms with Crippen LogP contribution >= 0.6 is 0 Å². The van der Waals surface area contributed by atoms with E-state index in [4.69, 9.17) is 4.84 Å². The highest BCUT2D eigenvalue weighted by Gasteiger charge is 2.22. The van der Waals surface area contributed by atoms with E-state index in [0.29, 0.717) is 13.2 Å². The third-order valence-corrected chi connectivity index (χ3v) is 2.84. The quantitative estimate of drug-likeness (QED) is 0.622. The Morgan fingerprint density at radius 1 is 1.45 bits per heavy atom. The second-order valence-electron chi connectivity index (χ2n) is 2.28. The van der Waals surface area contributed by atoms with E-state index in [1.54, 1.807) is 0 Å². The molecule has 66 valence electrons. The minimum absolute atomic E-state index is 0.448. The van der Waals surface area contributed by atoms with Gasteiger partial charge in [-0.1, -0.05) is 4.47 Å². The predicted molar refractivity (Wildman–Crippen MR) is 39.9 cm³/mol. The van der Waals surface area contributed by atoms with Crippen LogP contribution in [0.25, 0.3) is 0 Å². The van der Waals surface area contributed by atoms with Gasteiger partial charge in [0.05, 0.1) is 6.61 Å². The maximum Gasteiger partial charge on any atom is 0.301 e. The van der Waals surface area contributed by atoms with E-state index in [-0.39, 0.29) is 0 Å². The van der Waals surface area contributed by atoms with Gasteiger partial charge in [-0.05, 0) is 12.8 Å². The van der Waals surface area contributed by atoms with E-state index in [1.165, 1.54) is 7.05 Å². The van der Waals surface area contributed by atoms with Crippen molar-refractivity contribution in [2.75, 3.05) is 20.2 Å². The lowest BCUT2D eigenvalue weighted by Gasteiger charge is -2.24. The van der Waals surface area contributed by atoms with Crippen molar-refractivity contribution >= 4 is 10.2 Å². The number of nitrogens with one attached hydrogen (secondary N) is 1. The van der Waals surface area contributed by atoms with Gasteiger partial charge in [-0.15, -0.1) is 0 Å². The molecule has 0 unspecified atom stereocenters. The van der Waals surface area contributed by atoms with E-state index >= 15 is 0 Å². The molecule has 1 aliphatic heterocycles. The molecule has 11 heavy (non-hydrogen) atoms. The van der Waals surface area contributed by atoms with Gasteiger partial charge in [0, 0.05) is 13.6 Å². The van der Waals surface area contributed by atoms with Crippen molar-refractivity contribution in [1.29, 1.82) is 0 Å². The standard InChI is InChI=1S/C5H12N2O3S/c1-6-11(8,9)7-4-2-3-5-10-7/h6H,2-5H2,1H3. The zero-order chi connectivity index (χ0) is 8.32. The molecule has 1 heterocycles. The Kier molecular flexibility index (Phi) is 2.83.